The summed E-state index contributed by atoms with van der Waals surface area (Å²) in [5, 5.41) is 0. The van der Waals surface area contributed by atoms with Crippen molar-refractivity contribution in [1.82, 2.24) is 14.5 Å². The number of hydrogen-bond acceptors (Lipinski definition) is 3. The number of hydrogen-bond donors (Lipinski definition) is 0. The fourth-order valence-corrected chi connectivity index (χ4v) is 2.40. The zero-order valence-corrected chi connectivity index (χ0v) is 11.8. The van der Waals surface area contributed by atoms with Crippen molar-refractivity contribution in [2.45, 2.75) is 12.8 Å². The first kappa shape index (κ1) is 12.9. The topological polar surface area (TPSA) is 39.9 Å². The normalized spacial score (nSPS) is 10.9. The fourth-order valence-electron chi connectivity index (χ4n) is 2.22. The molecule has 0 fully saturated rings. The second-order valence-electron chi connectivity index (χ2n) is 4.29. The van der Waals surface area contributed by atoms with E-state index >= 15 is 0 Å². The number of imidazole rings is 1. The summed E-state index contributed by atoms with van der Waals surface area (Å²) in [5.41, 5.74) is 2.86. The molecular weight excluding hydrogens is 274 g/mol. The molecule has 0 spiro atoms. The van der Waals surface area contributed by atoms with E-state index in [-0.39, 0.29) is 0 Å². The maximum atomic E-state index is 6.01. The van der Waals surface area contributed by atoms with Gasteiger partial charge in [-0.2, -0.15) is 0 Å². The number of ether oxygens (including phenoxy) is 1. The third-order valence-electron chi connectivity index (χ3n) is 3.05. The quantitative estimate of drug-likeness (QED) is 0.689. The highest BCUT2D eigenvalue weighted by Gasteiger charge is 2.11. The van der Waals surface area contributed by atoms with E-state index < -0.39 is 0 Å². The lowest BCUT2D eigenvalue weighted by atomic mass is 10.3. The Labute approximate surface area is 122 Å². The lowest BCUT2D eigenvalue weighted by Crippen LogP contribution is -1.99. The summed E-state index contributed by atoms with van der Waals surface area (Å²) >= 11 is 6.01. The molecule has 0 aliphatic rings. The number of aromatic nitrogens is 3. The maximum absolute atomic E-state index is 6.01. The number of pyridine rings is 1. The van der Waals surface area contributed by atoms with Crippen LogP contribution in [0.4, 0.5) is 0 Å². The fraction of sp³-hybridized carbons (Fsp3) is 0.200. The summed E-state index contributed by atoms with van der Waals surface area (Å²) < 4.78 is 7.50. The van der Waals surface area contributed by atoms with Crippen LogP contribution in [-0.2, 0) is 5.88 Å². The standard InChI is InChI=1S/C15H14ClN3O/c1-2-20-12-5-3-11(4-6-12)19-14-7-8-17-10-13(14)18-15(19)9-16/h3-8,10H,2,9H2,1H3. The highest BCUT2D eigenvalue weighted by Crippen LogP contribution is 2.23. The minimum Gasteiger partial charge on any atom is -0.494 e. The monoisotopic (exact) mass is 287 g/mol. The summed E-state index contributed by atoms with van der Waals surface area (Å²) in [6, 6.07) is 9.84. The van der Waals surface area contributed by atoms with Crippen LogP contribution in [0.5, 0.6) is 5.75 Å². The van der Waals surface area contributed by atoms with Gasteiger partial charge in [0.1, 0.15) is 17.1 Å². The van der Waals surface area contributed by atoms with Crippen molar-refractivity contribution in [1.29, 1.82) is 0 Å². The number of rotatable bonds is 4. The molecule has 0 amide bonds. The molecule has 3 aromatic rings. The Kier molecular flexibility index (Phi) is 3.56. The molecule has 2 aromatic heterocycles. The molecule has 0 radical (unpaired) electrons. The second kappa shape index (κ2) is 5.51. The van der Waals surface area contributed by atoms with Gasteiger partial charge in [-0.3, -0.25) is 9.55 Å². The molecule has 102 valence electrons. The van der Waals surface area contributed by atoms with E-state index in [4.69, 9.17) is 16.3 Å². The van der Waals surface area contributed by atoms with E-state index in [2.05, 4.69) is 9.97 Å². The van der Waals surface area contributed by atoms with E-state index in [0.29, 0.717) is 12.5 Å². The number of benzene rings is 1. The van der Waals surface area contributed by atoms with Crippen LogP contribution in [0.15, 0.2) is 42.7 Å². The summed E-state index contributed by atoms with van der Waals surface area (Å²) in [4.78, 5) is 8.60. The molecule has 0 saturated heterocycles. The molecule has 0 unspecified atom stereocenters. The van der Waals surface area contributed by atoms with Crippen LogP contribution in [-0.4, -0.2) is 21.1 Å². The van der Waals surface area contributed by atoms with Gasteiger partial charge in [-0.25, -0.2) is 4.98 Å². The van der Waals surface area contributed by atoms with Gasteiger partial charge in [0.2, 0.25) is 0 Å². The molecule has 0 aliphatic carbocycles. The minimum atomic E-state index is 0.349. The van der Waals surface area contributed by atoms with Crippen LogP contribution in [0.2, 0.25) is 0 Å². The van der Waals surface area contributed by atoms with Crippen LogP contribution < -0.4 is 4.74 Å². The maximum Gasteiger partial charge on any atom is 0.129 e. The van der Waals surface area contributed by atoms with Crippen molar-refractivity contribution in [3.05, 3.63) is 48.5 Å². The predicted molar refractivity (Wildman–Crippen MR) is 79.6 cm³/mol. The lowest BCUT2D eigenvalue weighted by Gasteiger charge is -2.09. The highest BCUT2D eigenvalue weighted by atomic mass is 35.5. The SMILES string of the molecule is CCOc1ccc(-n2c(CCl)nc3cnccc32)cc1. The van der Waals surface area contributed by atoms with Crippen LogP contribution in [0, 0.1) is 0 Å². The smallest absolute Gasteiger partial charge is 0.129 e. The predicted octanol–water partition coefficient (Wildman–Crippen LogP) is 3.56. The van der Waals surface area contributed by atoms with Gasteiger partial charge in [-0.1, -0.05) is 0 Å². The molecule has 0 bridgehead atoms. The third kappa shape index (κ3) is 2.23. The van der Waals surface area contributed by atoms with Crippen molar-refractivity contribution in [3.63, 3.8) is 0 Å². The molecule has 20 heavy (non-hydrogen) atoms. The van der Waals surface area contributed by atoms with Crippen LogP contribution in [0.1, 0.15) is 12.7 Å². The largest absolute Gasteiger partial charge is 0.494 e. The molecule has 0 N–H and O–H groups in total. The van der Waals surface area contributed by atoms with Gasteiger partial charge >= 0.3 is 0 Å². The number of fused-ring (bicyclic) bond motifs is 1. The summed E-state index contributed by atoms with van der Waals surface area (Å²) in [7, 11) is 0. The molecule has 0 aliphatic heterocycles. The van der Waals surface area contributed by atoms with Crippen molar-refractivity contribution in [2.24, 2.45) is 0 Å². The van der Waals surface area contributed by atoms with Crippen molar-refractivity contribution < 1.29 is 4.74 Å². The van der Waals surface area contributed by atoms with Gasteiger partial charge in [0.15, 0.2) is 0 Å². The average Bonchev–Trinajstić information content (AvgIpc) is 2.87. The second-order valence-corrected chi connectivity index (χ2v) is 4.56. The van der Waals surface area contributed by atoms with Crippen molar-refractivity contribution in [2.75, 3.05) is 6.61 Å². The molecule has 1 aromatic carbocycles. The van der Waals surface area contributed by atoms with E-state index in [0.717, 1.165) is 28.3 Å². The van der Waals surface area contributed by atoms with Gasteiger partial charge < -0.3 is 4.74 Å². The van der Waals surface area contributed by atoms with Gasteiger partial charge in [-0.15, -0.1) is 11.6 Å². The zero-order valence-electron chi connectivity index (χ0n) is 11.1. The molecule has 3 rings (SSSR count). The number of nitrogens with zero attached hydrogens (tertiary/aromatic N) is 3. The molecule has 4 nitrogen and oxygen atoms in total. The zero-order chi connectivity index (χ0) is 13.9. The Morgan fingerprint density at radius 1 is 1.20 bits per heavy atom. The van der Waals surface area contributed by atoms with E-state index in [1.54, 1.807) is 12.4 Å². The Bertz CT molecular complexity index is 722. The number of alkyl halides is 1. The Morgan fingerprint density at radius 3 is 2.70 bits per heavy atom. The Balaban J connectivity index is 2.12. The Hall–Kier alpha value is -2.07. The summed E-state index contributed by atoms with van der Waals surface area (Å²) in [6.07, 6.45) is 3.50. The molecule has 0 atom stereocenters. The lowest BCUT2D eigenvalue weighted by molar-refractivity contribution is 0.340. The van der Waals surface area contributed by atoms with Crippen molar-refractivity contribution in [3.8, 4) is 11.4 Å². The summed E-state index contributed by atoms with van der Waals surface area (Å²) in [5.74, 6) is 2.01. The van der Waals surface area contributed by atoms with E-state index in [1.165, 1.54) is 0 Å². The van der Waals surface area contributed by atoms with Gasteiger partial charge in [-0.05, 0) is 37.3 Å². The molecule has 0 saturated carbocycles. The first-order valence-electron chi connectivity index (χ1n) is 6.44. The molecule has 2 heterocycles. The van der Waals surface area contributed by atoms with Gasteiger partial charge in [0.05, 0.1) is 24.2 Å². The highest BCUT2D eigenvalue weighted by molar-refractivity contribution is 6.17. The first-order valence-corrected chi connectivity index (χ1v) is 6.97. The molecular formula is C15H14ClN3O. The Morgan fingerprint density at radius 2 is 2.00 bits per heavy atom. The van der Waals surface area contributed by atoms with E-state index in [1.807, 2.05) is 41.8 Å². The summed E-state index contributed by atoms with van der Waals surface area (Å²) in [6.45, 7) is 2.63. The van der Waals surface area contributed by atoms with Crippen LogP contribution in [0.25, 0.3) is 16.7 Å². The van der Waals surface area contributed by atoms with Crippen LogP contribution >= 0.6 is 11.6 Å². The van der Waals surface area contributed by atoms with Crippen LogP contribution in [0.3, 0.4) is 0 Å². The average molecular weight is 288 g/mol. The van der Waals surface area contributed by atoms with Gasteiger partial charge in [0.25, 0.3) is 0 Å². The first-order chi connectivity index (χ1) is 9.83. The number of halogens is 1. The van der Waals surface area contributed by atoms with E-state index in [9.17, 15) is 0 Å². The third-order valence-corrected chi connectivity index (χ3v) is 3.29. The van der Waals surface area contributed by atoms with Gasteiger partial charge in [0, 0.05) is 11.9 Å². The molecule has 5 heteroatoms. The van der Waals surface area contributed by atoms with Crippen molar-refractivity contribution >= 4 is 22.6 Å². The minimum absolute atomic E-state index is 0.349.